The lowest BCUT2D eigenvalue weighted by Gasteiger charge is -2.22. The molecule has 0 fully saturated rings. The van der Waals surface area contributed by atoms with Gasteiger partial charge >= 0.3 is 0 Å². The summed E-state index contributed by atoms with van der Waals surface area (Å²) in [6.07, 6.45) is 1.60. The average Bonchev–Trinajstić information content (AvgIpc) is 2.64. The second-order valence-corrected chi connectivity index (χ2v) is 6.73. The van der Waals surface area contributed by atoms with Crippen molar-refractivity contribution >= 4 is 39.3 Å². The minimum absolute atomic E-state index is 0.0630. The smallest absolute Gasteiger partial charge is 0.266 e. The zero-order valence-corrected chi connectivity index (χ0v) is 16.8. The van der Waals surface area contributed by atoms with Crippen molar-refractivity contribution in [3.63, 3.8) is 0 Å². The normalized spacial score (nSPS) is 11.0. The minimum atomic E-state index is -0.416. The maximum atomic E-state index is 12.4. The summed E-state index contributed by atoms with van der Waals surface area (Å²) >= 11 is 3.58. The van der Waals surface area contributed by atoms with Crippen molar-refractivity contribution in [3.8, 4) is 6.07 Å². The lowest BCUT2D eigenvalue weighted by atomic mass is 10.1. The molecule has 0 spiro atoms. The van der Waals surface area contributed by atoms with Crippen LogP contribution in [-0.4, -0.2) is 19.0 Å². The van der Waals surface area contributed by atoms with Gasteiger partial charge < -0.3 is 10.2 Å². The largest absolute Gasteiger partial charge is 0.371 e. The molecule has 2 aromatic rings. The second kappa shape index (κ2) is 9.21. The molecule has 0 aromatic heterocycles. The van der Waals surface area contributed by atoms with Gasteiger partial charge in [0.05, 0.1) is 5.69 Å². The number of nitrogens with zero attached hydrogens (tertiary/aromatic N) is 2. The molecule has 0 radical (unpaired) electrons. The molecule has 134 valence electrons. The van der Waals surface area contributed by atoms with E-state index in [1.807, 2.05) is 55.5 Å². The summed E-state index contributed by atoms with van der Waals surface area (Å²) in [6.45, 7) is 8.01. The molecule has 1 amide bonds. The Kier molecular flexibility index (Phi) is 6.99. The van der Waals surface area contributed by atoms with Crippen molar-refractivity contribution in [1.29, 1.82) is 5.26 Å². The van der Waals surface area contributed by atoms with E-state index in [1.165, 1.54) is 0 Å². The lowest BCUT2D eigenvalue weighted by Crippen LogP contribution is -2.22. The van der Waals surface area contributed by atoms with Gasteiger partial charge in [0.1, 0.15) is 11.6 Å². The van der Waals surface area contributed by atoms with Gasteiger partial charge in [0.2, 0.25) is 0 Å². The van der Waals surface area contributed by atoms with E-state index in [9.17, 15) is 10.1 Å². The third-order valence-corrected chi connectivity index (χ3v) is 4.70. The Labute approximate surface area is 163 Å². The quantitative estimate of drug-likeness (QED) is 0.528. The van der Waals surface area contributed by atoms with Crippen LogP contribution in [0.4, 0.5) is 11.4 Å². The van der Waals surface area contributed by atoms with Crippen LogP contribution in [0.3, 0.4) is 0 Å². The fourth-order valence-corrected chi connectivity index (χ4v) is 3.23. The van der Waals surface area contributed by atoms with Gasteiger partial charge in [-0.15, -0.1) is 0 Å². The van der Waals surface area contributed by atoms with E-state index < -0.39 is 5.91 Å². The number of rotatable bonds is 6. The summed E-state index contributed by atoms with van der Waals surface area (Å²) in [6, 6.07) is 15.3. The molecule has 5 heteroatoms. The van der Waals surface area contributed by atoms with Crippen LogP contribution in [0.15, 0.2) is 52.5 Å². The number of carbonyl (C=O) groups excluding carboxylic acids is 1. The number of benzene rings is 2. The maximum Gasteiger partial charge on any atom is 0.266 e. The lowest BCUT2D eigenvalue weighted by molar-refractivity contribution is -0.112. The number of amides is 1. The zero-order chi connectivity index (χ0) is 19.1. The molecule has 0 aliphatic heterocycles. The van der Waals surface area contributed by atoms with Crippen LogP contribution >= 0.6 is 15.9 Å². The fraction of sp³-hybridized carbons (Fsp3) is 0.238. The number of hydrogen-bond donors (Lipinski definition) is 1. The van der Waals surface area contributed by atoms with Gasteiger partial charge in [0.15, 0.2) is 0 Å². The molecule has 0 bridgehead atoms. The first-order valence-electron chi connectivity index (χ1n) is 8.52. The van der Waals surface area contributed by atoms with E-state index in [0.717, 1.165) is 34.4 Å². The summed E-state index contributed by atoms with van der Waals surface area (Å²) < 4.78 is 0.936. The number of nitriles is 1. The standard InChI is InChI=1S/C21H22BrN3O/c1-4-25(5-2)20-11-8-16(13-19(20)22)12-17(14-23)21(26)24-18-9-6-15(3)7-10-18/h6-13H,4-5H2,1-3H3,(H,24,26)/b17-12-. The van der Waals surface area contributed by atoms with Gasteiger partial charge in [-0.25, -0.2) is 0 Å². The van der Waals surface area contributed by atoms with E-state index in [2.05, 4.69) is 40.0 Å². The molecule has 1 N–H and O–H groups in total. The maximum absolute atomic E-state index is 12.4. The van der Waals surface area contributed by atoms with Crippen molar-refractivity contribution in [2.24, 2.45) is 0 Å². The number of hydrogen-bond acceptors (Lipinski definition) is 3. The van der Waals surface area contributed by atoms with Crippen molar-refractivity contribution in [1.82, 2.24) is 0 Å². The highest BCUT2D eigenvalue weighted by molar-refractivity contribution is 9.10. The third-order valence-electron chi connectivity index (χ3n) is 4.06. The predicted octanol–water partition coefficient (Wildman–Crippen LogP) is 5.15. The second-order valence-electron chi connectivity index (χ2n) is 5.87. The Balaban J connectivity index is 2.22. The van der Waals surface area contributed by atoms with Gasteiger partial charge in [-0.2, -0.15) is 5.26 Å². The Morgan fingerprint density at radius 3 is 2.38 bits per heavy atom. The van der Waals surface area contributed by atoms with Crippen LogP contribution in [0.1, 0.15) is 25.0 Å². The van der Waals surface area contributed by atoms with Crippen LogP contribution in [0, 0.1) is 18.3 Å². The molecule has 0 heterocycles. The molecule has 0 aliphatic rings. The molecular formula is C21H22BrN3O. The molecule has 0 saturated carbocycles. The van der Waals surface area contributed by atoms with Crippen LogP contribution < -0.4 is 10.2 Å². The molecule has 26 heavy (non-hydrogen) atoms. The van der Waals surface area contributed by atoms with Crippen molar-refractivity contribution in [3.05, 3.63) is 63.6 Å². The zero-order valence-electron chi connectivity index (χ0n) is 15.2. The van der Waals surface area contributed by atoms with E-state index in [4.69, 9.17) is 0 Å². The number of halogens is 1. The summed E-state index contributed by atoms with van der Waals surface area (Å²) in [5, 5.41) is 12.1. The fourth-order valence-electron chi connectivity index (χ4n) is 2.58. The van der Waals surface area contributed by atoms with Crippen LogP contribution in [0.5, 0.6) is 0 Å². The first-order valence-corrected chi connectivity index (χ1v) is 9.32. The number of anilines is 2. The van der Waals surface area contributed by atoms with Gasteiger partial charge in [-0.3, -0.25) is 4.79 Å². The Bertz CT molecular complexity index is 847. The van der Waals surface area contributed by atoms with E-state index in [0.29, 0.717) is 5.69 Å². The van der Waals surface area contributed by atoms with Crippen molar-refractivity contribution in [2.45, 2.75) is 20.8 Å². The van der Waals surface area contributed by atoms with Crippen LogP contribution in [0.2, 0.25) is 0 Å². The molecule has 0 atom stereocenters. The van der Waals surface area contributed by atoms with Crippen LogP contribution in [-0.2, 0) is 4.79 Å². The molecular weight excluding hydrogens is 390 g/mol. The predicted molar refractivity (Wildman–Crippen MR) is 111 cm³/mol. The van der Waals surface area contributed by atoms with Crippen molar-refractivity contribution in [2.75, 3.05) is 23.3 Å². The summed E-state index contributed by atoms with van der Waals surface area (Å²) in [7, 11) is 0. The molecule has 2 aromatic carbocycles. The molecule has 4 nitrogen and oxygen atoms in total. The monoisotopic (exact) mass is 411 g/mol. The van der Waals surface area contributed by atoms with E-state index in [1.54, 1.807) is 6.08 Å². The highest BCUT2D eigenvalue weighted by atomic mass is 79.9. The highest BCUT2D eigenvalue weighted by Gasteiger charge is 2.11. The highest BCUT2D eigenvalue weighted by Crippen LogP contribution is 2.28. The summed E-state index contributed by atoms with van der Waals surface area (Å²) in [5.41, 5.74) is 3.73. The Morgan fingerprint density at radius 2 is 1.85 bits per heavy atom. The molecule has 0 unspecified atom stereocenters. The molecule has 0 saturated heterocycles. The summed E-state index contributed by atoms with van der Waals surface area (Å²) in [5.74, 6) is -0.416. The Hall–Kier alpha value is -2.58. The van der Waals surface area contributed by atoms with Gasteiger partial charge in [0.25, 0.3) is 5.91 Å². The minimum Gasteiger partial charge on any atom is -0.371 e. The number of aryl methyl sites for hydroxylation is 1. The number of nitrogens with one attached hydrogen (secondary N) is 1. The molecule has 0 aliphatic carbocycles. The first-order chi connectivity index (χ1) is 12.5. The topological polar surface area (TPSA) is 56.1 Å². The number of carbonyl (C=O) groups is 1. The first kappa shape index (κ1) is 19.7. The SMILES string of the molecule is CCN(CC)c1ccc(/C=C(/C#N)C(=O)Nc2ccc(C)cc2)cc1Br. The van der Waals surface area contributed by atoms with E-state index in [-0.39, 0.29) is 5.57 Å². The van der Waals surface area contributed by atoms with Crippen molar-refractivity contribution < 1.29 is 4.79 Å². The van der Waals surface area contributed by atoms with Gasteiger partial charge in [-0.05, 0) is 72.6 Å². The van der Waals surface area contributed by atoms with E-state index >= 15 is 0 Å². The Morgan fingerprint density at radius 1 is 1.19 bits per heavy atom. The van der Waals surface area contributed by atoms with Crippen LogP contribution in [0.25, 0.3) is 6.08 Å². The molecule has 2 rings (SSSR count). The van der Waals surface area contributed by atoms with Gasteiger partial charge in [0, 0.05) is 23.2 Å². The average molecular weight is 412 g/mol. The summed E-state index contributed by atoms with van der Waals surface area (Å²) in [4.78, 5) is 14.6. The third kappa shape index (κ3) is 4.96. The van der Waals surface area contributed by atoms with Gasteiger partial charge in [-0.1, -0.05) is 23.8 Å².